The molecule has 0 N–H and O–H groups in total. The lowest BCUT2D eigenvalue weighted by molar-refractivity contribution is -0.348. The lowest BCUT2D eigenvalue weighted by Gasteiger charge is -2.34. The van der Waals surface area contributed by atoms with Crippen LogP contribution in [0.1, 0.15) is 6.42 Å². The molecule has 0 amide bonds. The fourth-order valence-electron chi connectivity index (χ4n) is 1.37. The molecule has 0 saturated carbocycles. The molecule has 0 aromatic carbocycles. The van der Waals surface area contributed by atoms with Gasteiger partial charge < -0.3 is 0 Å². The number of rotatable bonds is 3. The van der Waals surface area contributed by atoms with Crippen molar-refractivity contribution in [3.8, 4) is 0 Å². The Morgan fingerprint density at radius 1 is 0.591 bits per heavy atom. The van der Waals surface area contributed by atoms with Crippen LogP contribution in [0.15, 0.2) is 0 Å². The van der Waals surface area contributed by atoms with Gasteiger partial charge in [0.05, 0.1) is 0 Å². The van der Waals surface area contributed by atoms with E-state index < -0.39 is 46.6 Å². The van der Waals surface area contributed by atoms with E-state index in [0.717, 1.165) is 0 Å². The second-order valence-corrected chi connectivity index (χ2v) is 5.68. The summed E-state index contributed by atoms with van der Waals surface area (Å²) in [4.78, 5) is 0. The zero-order valence-corrected chi connectivity index (χ0v) is 11.8. The lowest BCUT2D eigenvalue weighted by atomic mass is 9.91. The van der Waals surface area contributed by atoms with Crippen LogP contribution in [0, 0.1) is 5.92 Å². The largest absolute Gasteiger partial charge is 0.431 e. The summed E-state index contributed by atoms with van der Waals surface area (Å²) in [5.74, 6) is -4.54. The Morgan fingerprint density at radius 2 is 0.864 bits per heavy atom. The molecular weight excluding hydrogens is 470 g/mol. The van der Waals surface area contributed by atoms with E-state index in [-0.39, 0.29) is 22.6 Å². The normalized spacial score (nSPS) is 17.0. The summed E-state index contributed by atoms with van der Waals surface area (Å²) in [6, 6.07) is 0. The van der Waals surface area contributed by atoms with Crippen LogP contribution >= 0.6 is 22.6 Å². The Kier molecular flexibility index (Phi) is 5.98. The summed E-state index contributed by atoms with van der Waals surface area (Å²) < 4.78 is 156. The minimum absolute atomic E-state index is 0.0793. The van der Waals surface area contributed by atoms with Crippen molar-refractivity contribution in [3.63, 3.8) is 0 Å². The predicted molar refractivity (Wildman–Crippen MR) is 54.0 cm³/mol. The van der Waals surface area contributed by atoms with E-state index in [1.54, 1.807) is 0 Å². The molecule has 0 aromatic rings. The number of halogens is 14. The number of hydrogen-bond acceptors (Lipinski definition) is 0. The van der Waals surface area contributed by atoms with Crippen LogP contribution in [0.3, 0.4) is 0 Å². The van der Waals surface area contributed by atoms with E-state index >= 15 is 0 Å². The maximum Gasteiger partial charge on any atom is 0.431 e. The Hall–Kier alpha value is -0.180. The molecule has 1 atom stereocenters. The van der Waals surface area contributed by atoms with Gasteiger partial charge >= 0.3 is 24.7 Å². The van der Waals surface area contributed by atoms with Gasteiger partial charge in [0.1, 0.15) is 0 Å². The standard InChI is InChI=1S/C8H4F13I/c9-4(7(16,17)18,8(19,20)21)1-2(22)3(5(10,11)12)6(13,14)15/h2-3H,1H2. The number of hydrogen-bond donors (Lipinski definition) is 0. The van der Waals surface area contributed by atoms with Crippen molar-refractivity contribution >= 4 is 22.6 Å². The second-order valence-electron chi connectivity index (χ2n) is 4.08. The average molecular weight is 474 g/mol. The quantitative estimate of drug-likeness (QED) is 0.278. The monoisotopic (exact) mass is 474 g/mol. The molecule has 14 heteroatoms. The van der Waals surface area contributed by atoms with Gasteiger partial charge in [-0.25, -0.2) is 4.39 Å². The topological polar surface area (TPSA) is 0 Å². The summed E-state index contributed by atoms with van der Waals surface area (Å²) in [7, 11) is 0. The van der Waals surface area contributed by atoms with E-state index in [1.807, 2.05) is 0 Å². The maximum atomic E-state index is 13.2. The molecule has 0 bridgehead atoms. The van der Waals surface area contributed by atoms with Gasteiger partial charge in [0.25, 0.3) is 5.67 Å². The van der Waals surface area contributed by atoms with Crippen LogP contribution in [0.25, 0.3) is 0 Å². The SMILES string of the molecule is FC(F)(F)C(C(I)CC(F)(C(F)(F)F)C(F)(F)F)C(F)(F)F. The maximum absolute atomic E-state index is 13.2. The highest BCUT2D eigenvalue weighted by molar-refractivity contribution is 14.1. The first-order valence-corrected chi connectivity index (χ1v) is 6.09. The predicted octanol–water partition coefficient (Wildman–Crippen LogP) is 5.75. The third-order valence-electron chi connectivity index (χ3n) is 2.44. The second kappa shape index (κ2) is 6.03. The molecule has 0 radical (unpaired) electrons. The van der Waals surface area contributed by atoms with Crippen molar-refractivity contribution in [1.29, 1.82) is 0 Å². The average Bonchev–Trinajstić information content (AvgIpc) is 2.07. The van der Waals surface area contributed by atoms with E-state index in [0.29, 0.717) is 0 Å². The van der Waals surface area contributed by atoms with Crippen LogP contribution in [0.4, 0.5) is 57.1 Å². The van der Waals surface area contributed by atoms with Crippen molar-refractivity contribution < 1.29 is 57.1 Å². The minimum atomic E-state index is -6.73. The zero-order valence-electron chi connectivity index (χ0n) is 9.65. The molecule has 0 aliphatic rings. The first kappa shape index (κ1) is 21.8. The molecule has 0 fully saturated rings. The van der Waals surface area contributed by atoms with Crippen molar-refractivity contribution in [2.24, 2.45) is 5.92 Å². The highest BCUT2D eigenvalue weighted by Gasteiger charge is 2.74. The molecule has 0 rings (SSSR count). The molecular formula is C8H4F13I. The van der Waals surface area contributed by atoms with Gasteiger partial charge in [-0.2, -0.15) is 52.7 Å². The molecule has 22 heavy (non-hydrogen) atoms. The van der Waals surface area contributed by atoms with Crippen LogP contribution in [0.2, 0.25) is 0 Å². The van der Waals surface area contributed by atoms with Gasteiger partial charge in [-0.1, -0.05) is 22.6 Å². The third kappa shape index (κ3) is 4.66. The molecule has 0 nitrogen and oxygen atoms in total. The molecule has 0 spiro atoms. The van der Waals surface area contributed by atoms with Crippen molar-refractivity contribution in [2.45, 2.75) is 40.7 Å². The van der Waals surface area contributed by atoms with E-state index in [1.165, 1.54) is 0 Å². The Labute approximate surface area is 127 Å². The minimum Gasteiger partial charge on any atom is -0.224 e. The van der Waals surface area contributed by atoms with Gasteiger partial charge in [-0.3, -0.25) is 0 Å². The zero-order chi connectivity index (χ0) is 18.4. The Morgan fingerprint density at radius 3 is 1.05 bits per heavy atom. The summed E-state index contributed by atoms with van der Waals surface area (Å²) >= 11 is 0.0793. The van der Waals surface area contributed by atoms with Crippen molar-refractivity contribution in [3.05, 3.63) is 0 Å². The van der Waals surface area contributed by atoms with Gasteiger partial charge in [0, 0.05) is 10.3 Å². The first-order chi connectivity index (χ1) is 9.25. The van der Waals surface area contributed by atoms with Gasteiger partial charge in [0.15, 0.2) is 5.92 Å². The van der Waals surface area contributed by atoms with E-state index in [9.17, 15) is 57.1 Å². The van der Waals surface area contributed by atoms with E-state index in [4.69, 9.17) is 0 Å². The Bertz CT molecular complexity index is 343. The van der Waals surface area contributed by atoms with Crippen LogP contribution in [0.5, 0.6) is 0 Å². The van der Waals surface area contributed by atoms with Crippen molar-refractivity contribution in [2.75, 3.05) is 0 Å². The van der Waals surface area contributed by atoms with Crippen LogP contribution < -0.4 is 0 Å². The van der Waals surface area contributed by atoms with Crippen molar-refractivity contribution in [1.82, 2.24) is 0 Å². The fourth-order valence-corrected chi connectivity index (χ4v) is 2.80. The molecule has 0 aliphatic carbocycles. The van der Waals surface area contributed by atoms with Crippen LogP contribution in [-0.2, 0) is 0 Å². The lowest BCUT2D eigenvalue weighted by Crippen LogP contribution is -2.56. The molecule has 1 unspecified atom stereocenters. The highest BCUT2D eigenvalue weighted by Crippen LogP contribution is 2.53. The van der Waals surface area contributed by atoms with Crippen LogP contribution in [-0.4, -0.2) is 34.3 Å². The molecule has 0 saturated heterocycles. The summed E-state index contributed by atoms with van der Waals surface area (Å²) in [5, 5.41) is 0. The summed E-state index contributed by atoms with van der Waals surface area (Å²) in [6.45, 7) is 0. The fraction of sp³-hybridized carbons (Fsp3) is 1.00. The smallest absolute Gasteiger partial charge is 0.224 e. The molecule has 0 aromatic heterocycles. The molecule has 0 heterocycles. The number of alkyl halides is 14. The van der Waals surface area contributed by atoms with Gasteiger partial charge in [-0.15, -0.1) is 0 Å². The third-order valence-corrected chi connectivity index (χ3v) is 3.60. The summed E-state index contributed by atoms with van der Waals surface area (Å²) in [6.07, 6.45) is -28.9. The molecule has 134 valence electrons. The highest BCUT2D eigenvalue weighted by atomic mass is 127. The van der Waals surface area contributed by atoms with Gasteiger partial charge in [-0.05, 0) is 0 Å². The van der Waals surface area contributed by atoms with E-state index in [2.05, 4.69) is 0 Å². The molecule has 0 aliphatic heterocycles. The first-order valence-electron chi connectivity index (χ1n) is 4.85. The Balaban J connectivity index is 5.75. The summed E-state index contributed by atoms with van der Waals surface area (Å²) in [5.41, 5.74) is -6.19. The van der Waals surface area contributed by atoms with Gasteiger partial charge in [0.2, 0.25) is 0 Å².